The third-order valence-electron chi connectivity index (χ3n) is 3.58. The number of carbonyl (C=O) groups is 1. The van der Waals surface area contributed by atoms with E-state index in [4.69, 9.17) is 0 Å². The standard InChI is InChI=1S/C19H16N2O4S/c22-18-12-11-16(26(24,25)21-15-9-5-2-6-10-15)13-17(18)19(23)20-14-7-3-1-4-8-14/h1-13,21-22H,(H,20,23). The Morgan fingerprint density at radius 2 is 1.38 bits per heavy atom. The fourth-order valence-electron chi connectivity index (χ4n) is 2.30. The van der Waals surface area contributed by atoms with Gasteiger partial charge in [-0.05, 0) is 42.5 Å². The molecule has 0 saturated heterocycles. The van der Waals surface area contributed by atoms with Crippen LogP contribution in [0.2, 0.25) is 0 Å². The summed E-state index contributed by atoms with van der Waals surface area (Å²) in [7, 11) is -3.90. The second-order valence-corrected chi connectivity index (χ2v) is 7.15. The number of phenolic OH excluding ortho intramolecular Hbond substituents is 1. The van der Waals surface area contributed by atoms with Gasteiger partial charge in [0.15, 0.2) is 0 Å². The average Bonchev–Trinajstić information content (AvgIpc) is 2.63. The lowest BCUT2D eigenvalue weighted by Gasteiger charge is -2.11. The van der Waals surface area contributed by atoms with E-state index in [1.54, 1.807) is 60.7 Å². The van der Waals surface area contributed by atoms with Gasteiger partial charge >= 0.3 is 0 Å². The number of rotatable bonds is 5. The van der Waals surface area contributed by atoms with Crippen LogP contribution in [0.25, 0.3) is 0 Å². The lowest BCUT2D eigenvalue weighted by molar-refractivity contribution is 0.102. The van der Waals surface area contributed by atoms with Crippen LogP contribution in [0.4, 0.5) is 11.4 Å². The van der Waals surface area contributed by atoms with Gasteiger partial charge in [0, 0.05) is 11.4 Å². The maximum absolute atomic E-state index is 12.5. The van der Waals surface area contributed by atoms with Gasteiger partial charge in [-0.2, -0.15) is 0 Å². The smallest absolute Gasteiger partial charge is 0.261 e. The molecule has 7 heteroatoms. The first kappa shape index (κ1) is 17.5. The number of para-hydroxylation sites is 2. The monoisotopic (exact) mass is 368 g/mol. The van der Waals surface area contributed by atoms with Crippen LogP contribution in [0.1, 0.15) is 10.4 Å². The number of hydrogen-bond acceptors (Lipinski definition) is 4. The highest BCUT2D eigenvalue weighted by atomic mass is 32.2. The molecule has 3 aromatic carbocycles. The molecular formula is C19H16N2O4S. The molecule has 0 bridgehead atoms. The van der Waals surface area contributed by atoms with Crippen molar-refractivity contribution < 1.29 is 18.3 Å². The van der Waals surface area contributed by atoms with Crippen LogP contribution in [-0.4, -0.2) is 19.4 Å². The molecule has 0 aliphatic carbocycles. The van der Waals surface area contributed by atoms with Crippen molar-refractivity contribution >= 4 is 27.3 Å². The molecule has 0 spiro atoms. The number of hydrogen-bond donors (Lipinski definition) is 3. The molecule has 0 atom stereocenters. The van der Waals surface area contributed by atoms with Crippen molar-refractivity contribution in [2.45, 2.75) is 4.90 Å². The van der Waals surface area contributed by atoms with Crippen molar-refractivity contribution in [2.24, 2.45) is 0 Å². The predicted octanol–water partition coefficient (Wildman–Crippen LogP) is 3.45. The summed E-state index contributed by atoms with van der Waals surface area (Å²) in [4.78, 5) is 12.3. The molecule has 6 nitrogen and oxygen atoms in total. The highest BCUT2D eigenvalue weighted by molar-refractivity contribution is 7.92. The van der Waals surface area contributed by atoms with Crippen LogP contribution in [0.3, 0.4) is 0 Å². The summed E-state index contributed by atoms with van der Waals surface area (Å²) in [6, 6.07) is 20.6. The molecule has 1 amide bonds. The van der Waals surface area contributed by atoms with Gasteiger partial charge < -0.3 is 10.4 Å². The van der Waals surface area contributed by atoms with E-state index in [0.717, 1.165) is 6.07 Å². The fraction of sp³-hybridized carbons (Fsp3) is 0. The minimum absolute atomic E-state index is 0.127. The Hall–Kier alpha value is -3.32. The number of carbonyl (C=O) groups excluding carboxylic acids is 1. The molecule has 0 aliphatic rings. The number of phenols is 1. The van der Waals surface area contributed by atoms with E-state index >= 15 is 0 Å². The van der Waals surface area contributed by atoms with Crippen molar-refractivity contribution in [1.82, 2.24) is 0 Å². The minimum atomic E-state index is -3.90. The molecule has 0 unspecified atom stereocenters. The molecule has 3 aromatic rings. The Morgan fingerprint density at radius 3 is 2.00 bits per heavy atom. The molecule has 26 heavy (non-hydrogen) atoms. The molecule has 0 aromatic heterocycles. The van der Waals surface area contributed by atoms with Gasteiger partial charge in [0.25, 0.3) is 15.9 Å². The third-order valence-corrected chi connectivity index (χ3v) is 4.96. The van der Waals surface area contributed by atoms with Gasteiger partial charge in [0.05, 0.1) is 10.5 Å². The molecule has 0 heterocycles. The summed E-state index contributed by atoms with van der Waals surface area (Å²) in [6.45, 7) is 0. The second kappa shape index (κ2) is 7.28. The van der Waals surface area contributed by atoms with Gasteiger partial charge in [-0.25, -0.2) is 8.42 Å². The Kier molecular flexibility index (Phi) is 4.90. The van der Waals surface area contributed by atoms with E-state index in [-0.39, 0.29) is 16.2 Å². The van der Waals surface area contributed by atoms with Crippen LogP contribution >= 0.6 is 0 Å². The molecule has 0 radical (unpaired) electrons. The number of aromatic hydroxyl groups is 1. The van der Waals surface area contributed by atoms with E-state index in [2.05, 4.69) is 10.0 Å². The van der Waals surface area contributed by atoms with Gasteiger partial charge in [-0.15, -0.1) is 0 Å². The summed E-state index contributed by atoms with van der Waals surface area (Å²) in [5.41, 5.74) is 0.799. The van der Waals surface area contributed by atoms with Gasteiger partial charge in [0.1, 0.15) is 5.75 Å². The first-order chi connectivity index (χ1) is 12.5. The summed E-state index contributed by atoms with van der Waals surface area (Å²) in [5, 5.41) is 12.6. The SMILES string of the molecule is O=C(Nc1ccccc1)c1cc(S(=O)(=O)Nc2ccccc2)ccc1O. The highest BCUT2D eigenvalue weighted by Crippen LogP contribution is 2.24. The first-order valence-electron chi connectivity index (χ1n) is 7.73. The number of benzene rings is 3. The second-order valence-electron chi connectivity index (χ2n) is 5.47. The Morgan fingerprint density at radius 1 is 0.808 bits per heavy atom. The highest BCUT2D eigenvalue weighted by Gasteiger charge is 2.19. The number of anilines is 2. The zero-order valence-electron chi connectivity index (χ0n) is 13.6. The molecular weight excluding hydrogens is 352 g/mol. The van der Waals surface area contributed by atoms with Crippen LogP contribution in [0.5, 0.6) is 5.75 Å². The predicted molar refractivity (Wildman–Crippen MR) is 99.8 cm³/mol. The molecule has 0 aliphatic heterocycles. The maximum atomic E-state index is 12.5. The summed E-state index contributed by atoms with van der Waals surface area (Å²) < 4.78 is 27.5. The molecule has 0 saturated carbocycles. The minimum Gasteiger partial charge on any atom is -0.507 e. The lowest BCUT2D eigenvalue weighted by Crippen LogP contribution is -2.16. The van der Waals surface area contributed by atoms with Gasteiger partial charge in [-0.1, -0.05) is 36.4 Å². The molecule has 3 rings (SSSR count). The molecule has 0 fully saturated rings. The largest absolute Gasteiger partial charge is 0.507 e. The average molecular weight is 368 g/mol. The van der Waals surface area contributed by atoms with Crippen LogP contribution in [-0.2, 0) is 10.0 Å². The topological polar surface area (TPSA) is 95.5 Å². The van der Waals surface area contributed by atoms with Crippen LogP contribution < -0.4 is 10.0 Å². The van der Waals surface area contributed by atoms with Crippen molar-refractivity contribution in [2.75, 3.05) is 10.0 Å². The summed E-state index contributed by atoms with van der Waals surface area (Å²) >= 11 is 0. The quantitative estimate of drug-likeness (QED) is 0.643. The fourth-order valence-corrected chi connectivity index (χ4v) is 3.39. The Bertz CT molecular complexity index is 1020. The molecule has 132 valence electrons. The van der Waals surface area contributed by atoms with Crippen molar-refractivity contribution in [3.05, 3.63) is 84.4 Å². The van der Waals surface area contributed by atoms with Crippen LogP contribution in [0.15, 0.2) is 83.8 Å². The van der Waals surface area contributed by atoms with E-state index in [9.17, 15) is 18.3 Å². The van der Waals surface area contributed by atoms with Gasteiger partial charge in [-0.3, -0.25) is 9.52 Å². The van der Waals surface area contributed by atoms with E-state index in [1.807, 2.05) is 0 Å². The summed E-state index contributed by atoms with van der Waals surface area (Å²) in [6.07, 6.45) is 0. The van der Waals surface area contributed by atoms with E-state index in [1.165, 1.54) is 12.1 Å². The number of sulfonamides is 1. The van der Waals surface area contributed by atoms with Crippen molar-refractivity contribution in [1.29, 1.82) is 0 Å². The Labute approximate surface area is 151 Å². The zero-order valence-corrected chi connectivity index (χ0v) is 14.4. The zero-order chi connectivity index (χ0) is 18.6. The number of nitrogens with one attached hydrogen (secondary N) is 2. The summed E-state index contributed by atoms with van der Waals surface area (Å²) in [5.74, 6) is -0.914. The lowest BCUT2D eigenvalue weighted by atomic mass is 10.2. The maximum Gasteiger partial charge on any atom is 0.261 e. The van der Waals surface area contributed by atoms with Crippen LogP contribution in [0, 0.1) is 0 Å². The van der Waals surface area contributed by atoms with E-state index < -0.39 is 15.9 Å². The van der Waals surface area contributed by atoms with E-state index in [0.29, 0.717) is 11.4 Å². The first-order valence-corrected chi connectivity index (χ1v) is 9.21. The number of amides is 1. The Balaban J connectivity index is 1.88. The van der Waals surface area contributed by atoms with Crippen molar-refractivity contribution in [3.63, 3.8) is 0 Å². The van der Waals surface area contributed by atoms with Crippen molar-refractivity contribution in [3.8, 4) is 5.75 Å². The third kappa shape index (κ3) is 4.01. The molecule has 3 N–H and O–H groups in total. The van der Waals surface area contributed by atoms with Gasteiger partial charge in [0.2, 0.25) is 0 Å². The normalized spacial score (nSPS) is 10.9.